The number of rotatable bonds is 17. The molecular formula is C110H106Ir6N12-6. The van der Waals surface area contributed by atoms with Crippen LogP contribution in [0, 0.1) is 71.0 Å². The number of benzene rings is 12. The van der Waals surface area contributed by atoms with Crippen LogP contribution in [-0.4, -0.2) is 58.7 Å². The van der Waals surface area contributed by atoms with Gasteiger partial charge in [0.15, 0.2) is 0 Å². The Morgan fingerprint density at radius 2 is 0.562 bits per heavy atom. The predicted molar refractivity (Wildman–Crippen MR) is 501 cm³/mol. The van der Waals surface area contributed by atoms with Crippen molar-refractivity contribution in [2.75, 3.05) is 0 Å². The minimum atomic E-state index is 0. The monoisotopic (exact) mass is 2750 g/mol. The van der Waals surface area contributed by atoms with Crippen LogP contribution in [0.3, 0.4) is 0 Å². The summed E-state index contributed by atoms with van der Waals surface area (Å²) in [5.41, 5.74) is 33.3. The second-order valence-corrected chi connectivity index (χ2v) is 31.7. The normalized spacial score (nSPS) is 10.4. The van der Waals surface area contributed by atoms with E-state index in [-0.39, 0.29) is 121 Å². The molecule has 0 fully saturated rings. The molecule has 18 rings (SSSR count). The molecule has 0 spiro atoms. The zero-order chi connectivity index (χ0) is 85.6. The molecule has 6 radical (unpaired) electrons. The fraction of sp³-hybridized carbons (Fsp3) is 0.182. The van der Waals surface area contributed by atoms with Crippen molar-refractivity contribution in [3.63, 3.8) is 0 Å². The standard InChI is InChI=1S/C24H29N2.C21H23N2.C18H17N2.C17H15N2.2C15H11N2.6Ir/c1-16(2)19-14-21(17(3)4)24(22(15-19)18(5)6)23-12-13-25-26(23)20-10-8-7-9-11-20;1-15(2)18-11-8-12-19(16(3)4)21(18)20-13-14-22-23(20)17-9-6-5-7-10-17;1-13-11-14(2)18(15(3)12-13)17-9-10-19-20(17)16-7-5-4-6-8-16;1-13-7-6-8-14(2)17(13)16-11-12-18-19(16)15-9-4-3-5-10-15;1-3-7-13(8-4-1)15-11-12-16-17(15)14-9-5-2-6-10-14;1-2-7-13(8-3-1)14-9-4-5-10-15(14)17-12-6-11-16-17;;;;;;/h7-10,12-18H,1-6H3;5-9,11-16H,1-4H3;4-7,9-12H,1-3H3;3-9,11-12H,1-2H3;2*1-9,11-12H;;;;;;/q6*-1;;;;;;. The van der Waals surface area contributed by atoms with E-state index in [1.54, 1.807) is 6.20 Å². The summed E-state index contributed by atoms with van der Waals surface area (Å²) in [5.74, 6) is 2.35. The Morgan fingerprint density at radius 1 is 0.242 bits per heavy atom. The molecule has 0 atom stereocenters. The third-order valence-corrected chi connectivity index (χ3v) is 21.2. The number of hydrogen-bond acceptors (Lipinski definition) is 6. The smallest absolute Gasteiger partial charge is 0.0721 e. The van der Waals surface area contributed by atoms with Crippen molar-refractivity contribution in [2.45, 2.75) is 133 Å². The van der Waals surface area contributed by atoms with Gasteiger partial charge in [0.2, 0.25) is 0 Å². The number of aromatic nitrogens is 12. The van der Waals surface area contributed by atoms with Gasteiger partial charge in [-0.05, 0) is 185 Å². The van der Waals surface area contributed by atoms with Gasteiger partial charge in [-0.25, -0.2) is 0 Å². The second kappa shape index (κ2) is 51.3. The summed E-state index contributed by atoms with van der Waals surface area (Å²) in [6.45, 7) is 33.4. The van der Waals surface area contributed by atoms with E-state index in [0.29, 0.717) is 29.6 Å². The Labute approximate surface area is 838 Å². The van der Waals surface area contributed by atoms with Gasteiger partial charge in [-0.3, -0.25) is 28.1 Å². The van der Waals surface area contributed by atoms with Crippen molar-refractivity contribution in [3.05, 3.63) is 433 Å². The van der Waals surface area contributed by atoms with Gasteiger partial charge in [-0.2, -0.15) is 176 Å². The average Bonchev–Trinajstić information content (AvgIpc) is 1.42. The zero-order valence-electron chi connectivity index (χ0n) is 74.6. The van der Waals surface area contributed by atoms with Crippen molar-refractivity contribution in [3.8, 4) is 102 Å². The number of para-hydroxylation sites is 6. The van der Waals surface area contributed by atoms with Gasteiger partial charge in [-0.1, -0.05) is 202 Å². The van der Waals surface area contributed by atoms with Gasteiger partial charge in [-0.15, -0.1) is 35.9 Å². The van der Waals surface area contributed by atoms with E-state index in [1.165, 1.54) is 83.5 Å². The summed E-state index contributed by atoms with van der Waals surface area (Å²) in [7, 11) is 0. The summed E-state index contributed by atoms with van der Waals surface area (Å²) >= 11 is 0. The van der Waals surface area contributed by atoms with Gasteiger partial charge in [0.25, 0.3) is 0 Å². The Morgan fingerprint density at radius 3 is 0.906 bits per heavy atom. The summed E-state index contributed by atoms with van der Waals surface area (Å²) in [6.07, 6.45) is 13.0. The zero-order valence-corrected chi connectivity index (χ0v) is 89.0. The maximum Gasteiger partial charge on any atom is 0.0721 e. The predicted octanol–water partition coefficient (Wildman–Crippen LogP) is 27.2. The van der Waals surface area contributed by atoms with Gasteiger partial charge in [0.05, 0.1) is 28.5 Å². The Hall–Kier alpha value is -10.2. The Balaban J connectivity index is 0.000000210. The molecule has 0 saturated carbocycles. The van der Waals surface area contributed by atoms with Crippen LogP contribution in [0.5, 0.6) is 0 Å². The van der Waals surface area contributed by atoms with E-state index in [2.05, 4.69) is 292 Å². The molecule has 12 nitrogen and oxygen atoms in total. The third-order valence-electron chi connectivity index (χ3n) is 21.2. The summed E-state index contributed by atoms with van der Waals surface area (Å²) in [4.78, 5) is 0. The second-order valence-electron chi connectivity index (χ2n) is 31.7. The molecule has 0 aliphatic rings. The van der Waals surface area contributed by atoms with Crippen LogP contribution in [0.4, 0.5) is 0 Å². The summed E-state index contributed by atoms with van der Waals surface area (Å²) < 4.78 is 11.6. The average molecular weight is 2750 g/mol. The molecule has 0 saturated heterocycles. The molecule has 6 heterocycles. The van der Waals surface area contributed by atoms with Gasteiger partial charge < -0.3 is 0 Å². The quantitative estimate of drug-likeness (QED) is 0.0841. The maximum absolute atomic E-state index is 4.61. The summed E-state index contributed by atoms with van der Waals surface area (Å²) in [6, 6.07) is 120. The van der Waals surface area contributed by atoms with Gasteiger partial charge >= 0.3 is 0 Å². The number of aryl methyl sites for hydroxylation is 5. The van der Waals surface area contributed by atoms with Crippen LogP contribution >= 0.6 is 0 Å². The molecule has 12 aromatic carbocycles. The molecule has 128 heavy (non-hydrogen) atoms. The minimum absolute atomic E-state index is 0. The molecule has 0 amide bonds. The molecule has 18 heteroatoms. The van der Waals surface area contributed by atoms with Crippen LogP contribution in [0.2, 0.25) is 0 Å². The van der Waals surface area contributed by atoms with E-state index in [0.717, 1.165) is 73.7 Å². The van der Waals surface area contributed by atoms with Crippen molar-refractivity contribution in [1.82, 2.24) is 58.7 Å². The van der Waals surface area contributed by atoms with E-state index in [4.69, 9.17) is 0 Å². The van der Waals surface area contributed by atoms with Crippen LogP contribution in [0.15, 0.2) is 341 Å². The fourth-order valence-electron chi connectivity index (χ4n) is 15.4. The van der Waals surface area contributed by atoms with Crippen LogP contribution in [-0.2, 0) is 121 Å². The van der Waals surface area contributed by atoms with E-state index in [1.807, 2.05) is 241 Å². The van der Waals surface area contributed by atoms with Crippen molar-refractivity contribution in [1.29, 1.82) is 0 Å². The van der Waals surface area contributed by atoms with Crippen LogP contribution in [0.1, 0.15) is 154 Å². The van der Waals surface area contributed by atoms with Crippen molar-refractivity contribution in [2.24, 2.45) is 0 Å². The first-order valence-electron chi connectivity index (χ1n) is 42.0. The van der Waals surface area contributed by atoms with Gasteiger partial charge in [0, 0.05) is 192 Å². The van der Waals surface area contributed by atoms with Crippen molar-refractivity contribution >= 4 is 0 Å². The molecular weight excluding hydrogens is 2640 g/mol. The van der Waals surface area contributed by atoms with Gasteiger partial charge in [0.1, 0.15) is 0 Å². The van der Waals surface area contributed by atoms with E-state index >= 15 is 0 Å². The van der Waals surface area contributed by atoms with Crippen LogP contribution in [0.25, 0.3) is 102 Å². The largest absolute Gasteiger partial charge is 0.265 e. The van der Waals surface area contributed by atoms with Crippen molar-refractivity contribution < 1.29 is 121 Å². The molecule has 0 aliphatic carbocycles. The molecule has 18 aromatic rings. The Bertz CT molecular complexity index is 6150. The van der Waals surface area contributed by atoms with E-state index < -0.39 is 0 Å². The maximum atomic E-state index is 4.61. The SMILES string of the molecule is CC(C)c1cc(C(C)C)c(-c2ccnn2-c2[c-]cccc2)c(C(C)C)c1.CC(C)c1cccc(C(C)C)c1-c1ccnn1-c1[c-]cccc1.Cc1cc(C)c(-c2ccnn2-c2[c-]cccc2)c(C)c1.Cc1cccc(C)c1-c1ccnn1-c1[c-]cccc1.[Ir].[Ir].[Ir].[Ir].[Ir].[Ir].[c-]1cccc(-c2ccccc2)c1-n1cccn1.[c-]1ccccc1-n1nccc1-c1ccccc1. The Kier molecular flexibility index (Phi) is 42.0. The first-order valence-corrected chi connectivity index (χ1v) is 42.0. The first kappa shape index (κ1) is 105. The molecule has 0 unspecified atom stereocenters. The molecule has 666 valence electrons. The first-order chi connectivity index (χ1) is 59.3. The molecule has 0 bridgehead atoms. The topological polar surface area (TPSA) is 107 Å². The molecule has 6 aromatic heterocycles. The third kappa shape index (κ3) is 26.1. The fourth-order valence-corrected chi connectivity index (χ4v) is 15.4. The number of nitrogens with zero attached hydrogens (tertiary/aromatic N) is 12. The molecule has 0 N–H and O–H groups in total. The van der Waals surface area contributed by atoms with Crippen LogP contribution < -0.4 is 0 Å². The minimum Gasteiger partial charge on any atom is -0.265 e. The summed E-state index contributed by atoms with van der Waals surface area (Å²) in [5, 5.41) is 26.6. The molecule has 0 aliphatic heterocycles. The van der Waals surface area contributed by atoms with E-state index in [9.17, 15) is 0 Å². The number of hydrogen-bond donors (Lipinski definition) is 0.